The number of piperazine rings is 1. The molecule has 2 aromatic rings. The SMILES string of the molecule is CNC(=O)c1cccnc1NCCCN1CCN(c2cccc(Cl)c2)CC1. The van der Waals surface area contributed by atoms with Crippen LogP contribution in [-0.2, 0) is 0 Å². The van der Waals surface area contributed by atoms with Crippen molar-refractivity contribution < 1.29 is 4.79 Å². The van der Waals surface area contributed by atoms with E-state index in [2.05, 4.69) is 31.5 Å². The van der Waals surface area contributed by atoms with Gasteiger partial charge in [0.2, 0.25) is 0 Å². The number of carbonyl (C=O) groups excluding carboxylic acids is 1. The van der Waals surface area contributed by atoms with Gasteiger partial charge in [0.25, 0.3) is 5.91 Å². The lowest BCUT2D eigenvalue weighted by atomic mass is 10.2. The predicted molar refractivity (Wildman–Crippen MR) is 111 cm³/mol. The second kappa shape index (κ2) is 9.58. The first-order valence-electron chi connectivity index (χ1n) is 9.31. The van der Waals surface area contributed by atoms with Gasteiger partial charge in [-0.05, 0) is 43.3 Å². The zero-order valence-electron chi connectivity index (χ0n) is 15.6. The van der Waals surface area contributed by atoms with E-state index in [0.717, 1.165) is 50.7 Å². The highest BCUT2D eigenvalue weighted by atomic mass is 35.5. The Balaban J connectivity index is 1.41. The molecular weight excluding hydrogens is 362 g/mol. The Labute approximate surface area is 165 Å². The van der Waals surface area contributed by atoms with Crippen molar-refractivity contribution in [3.05, 3.63) is 53.2 Å². The molecule has 7 heteroatoms. The van der Waals surface area contributed by atoms with E-state index in [9.17, 15) is 4.79 Å². The molecule has 1 aromatic heterocycles. The molecule has 0 spiro atoms. The topological polar surface area (TPSA) is 60.5 Å². The minimum absolute atomic E-state index is 0.122. The summed E-state index contributed by atoms with van der Waals surface area (Å²) in [6.07, 6.45) is 2.70. The highest BCUT2D eigenvalue weighted by Gasteiger charge is 2.17. The Hall–Kier alpha value is -2.31. The highest BCUT2D eigenvalue weighted by molar-refractivity contribution is 6.30. The molecule has 3 rings (SSSR count). The number of nitrogens with zero attached hydrogens (tertiary/aromatic N) is 3. The van der Waals surface area contributed by atoms with Gasteiger partial charge in [0.05, 0.1) is 5.56 Å². The first-order chi connectivity index (χ1) is 13.2. The van der Waals surface area contributed by atoms with E-state index in [1.165, 1.54) is 5.69 Å². The average Bonchev–Trinajstić information content (AvgIpc) is 2.71. The van der Waals surface area contributed by atoms with E-state index in [-0.39, 0.29) is 5.91 Å². The van der Waals surface area contributed by atoms with Gasteiger partial charge in [-0.15, -0.1) is 0 Å². The summed E-state index contributed by atoms with van der Waals surface area (Å²) in [5.74, 6) is 0.519. The average molecular weight is 388 g/mol. The molecule has 0 saturated carbocycles. The van der Waals surface area contributed by atoms with Crippen LogP contribution in [0.1, 0.15) is 16.8 Å². The molecule has 1 aromatic carbocycles. The Morgan fingerprint density at radius 3 is 2.74 bits per heavy atom. The van der Waals surface area contributed by atoms with Gasteiger partial charge in [-0.2, -0.15) is 0 Å². The van der Waals surface area contributed by atoms with Crippen LogP contribution in [0.15, 0.2) is 42.6 Å². The van der Waals surface area contributed by atoms with Crippen LogP contribution in [0.4, 0.5) is 11.5 Å². The number of nitrogens with one attached hydrogen (secondary N) is 2. The summed E-state index contributed by atoms with van der Waals surface area (Å²) in [7, 11) is 1.63. The minimum Gasteiger partial charge on any atom is -0.369 e. The van der Waals surface area contributed by atoms with Crippen LogP contribution in [-0.4, -0.2) is 62.1 Å². The molecule has 1 aliphatic heterocycles. The zero-order valence-corrected chi connectivity index (χ0v) is 16.4. The van der Waals surface area contributed by atoms with Crippen molar-refractivity contribution in [2.24, 2.45) is 0 Å². The maximum absolute atomic E-state index is 11.9. The van der Waals surface area contributed by atoms with Crippen LogP contribution < -0.4 is 15.5 Å². The summed E-state index contributed by atoms with van der Waals surface area (Å²) >= 11 is 6.09. The number of rotatable bonds is 7. The third-order valence-electron chi connectivity index (χ3n) is 4.77. The van der Waals surface area contributed by atoms with Gasteiger partial charge < -0.3 is 15.5 Å². The number of pyridine rings is 1. The molecule has 0 radical (unpaired) electrons. The molecule has 6 nitrogen and oxygen atoms in total. The molecule has 2 heterocycles. The smallest absolute Gasteiger partial charge is 0.254 e. The monoisotopic (exact) mass is 387 g/mol. The fraction of sp³-hybridized carbons (Fsp3) is 0.400. The summed E-state index contributed by atoms with van der Waals surface area (Å²) in [5.41, 5.74) is 1.77. The maximum Gasteiger partial charge on any atom is 0.254 e. The van der Waals surface area contributed by atoms with Crippen LogP contribution in [0.25, 0.3) is 0 Å². The number of aromatic nitrogens is 1. The molecule has 0 bridgehead atoms. The third-order valence-corrected chi connectivity index (χ3v) is 5.00. The van der Waals surface area contributed by atoms with E-state index in [1.807, 2.05) is 18.2 Å². The van der Waals surface area contributed by atoms with E-state index >= 15 is 0 Å². The standard InChI is InChI=1S/C20H26ClN5O/c1-22-20(27)18-7-3-8-23-19(18)24-9-4-10-25-11-13-26(14-12-25)17-6-2-5-16(21)15-17/h2-3,5-8,15H,4,9-14H2,1H3,(H,22,27)(H,23,24). The van der Waals surface area contributed by atoms with Gasteiger partial charge in [-0.1, -0.05) is 17.7 Å². The number of halogens is 1. The summed E-state index contributed by atoms with van der Waals surface area (Å²) in [5, 5.41) is 6.71. The maximum atomic E-state index is 11.9. The fourth-order valence-corrected chi connectivity index (χ4v) is 3.46. The van der Waals surface area contributed by atoms with Crippen LogP contribution in [0.5, 0.6) is 0 Å². The van der Waals surface area contributed by atoms with E-state index in [1.54, 1.807) is 25.4 Å². The van der Waals surface area contributed by atoms with Gasteiger partial charge in [-0.3, -0.25) is 9.69 Å². The van der Waals surface area contributed by atoms with Crippen LogP contribution in [0.3, 0.4) is 0 Å². The van der Waals surface area contributed by atoms with Crippen molar-refractivity contribution in [1.82, 2.24) is 15.2 Å². The number of hydrogen-bond donors (Lipinski definition) is 2. The first-order valence-corrected chi connectivity index (χ1v) is 9.69. The molecule has 1 saturated heterocycles. The molecule has 0 aliphatic carbocycles. The van der Waals surface area contributed by atoms with Crippen molar-refractivity contribution in [2.75, 3.05) is 56.5 Å². The molecule has 1 aliphatic rings. The van der Waals surface area contributed by atoms with E-state index in [0.29, 0.717) is 11.4 Å². The summed E-state index contributed by atoms with van der Waals surface area (Å²) in [6, 6.07) is 11.6. The van der Waals surface area contributed by atoms with Crippen molar-refractivity contribution in [1.29, 1.82) is 0 Å². The van der Waals surface area contributed by atoms with Crippen molar-refractivity contribution in [3.8, 4) is 0 Å². The van der Waals surface area contributed by atoms with Gasteiger partial charge in [0, 0.05) is 56.7 Å². The lowest BCUT2D eigenvalue weighted by molar-refractivity contribution is 0.0963. The third kappa shape index (κ3) is 5.34. The number of carbonyl (C=O) groups is 1. The number of hydrogen-bond acceptors (Lipinski definition) is 5. The van der Waals surface area contributed by atoms with E-state index < -0.39 is 0 Å². The second-order valence-electron chi connectivity index (χ2n) is 6.57. The lowest BCUT2D eigenvalue weighted by Crippen LogP contribution is -2.46. The number of anilines is 2. The summed E-state index contributed by atoms with van der Waals surface area (Å²) < 4.78 is 0. The van der Waals surface area contributed by atoms with Crippen molar-refractivity contribution in [3.63, 3.8) is 0 Å². The van der Waals surface area contributed by atoms with Crippen molar-refractivity contribution in [2.45, 2.75) is 6.42 Å². The number of benzene rings is 1. The molecule has 1 fully saturated rings. The highest BCUT2D eigenvalue weighted by Crippen LogP contribution is 2.20. The second-order valence-corrected chi connectivity index (χ2v) is 7.00. The molecular formula is C20H26ClN5O. The largest absolute Gasteiger partial charge is 0.369 e. The molecule has 2 N–H and O–H groups in total. The van der Waals surface area contributed by atoms with Gasteiger partial charge in [0.15, 0.2) is 0 Å². The summed E-state index contributed by atoms with van der Waals surface area (Å²) in [6.45, 7) is 5.91. The van der Waals surface area contributed by atoms with Crippen LogP contribution in [0, 0.1) is 0 Å². The number of amides is 1. The van der Waals surface area contributed by atoms with Crippen molar-refractivity contribution >= 4 is 29.0 Å². The first kappa shape index (κ1) is 19.5. The van der Waals surface area contributed by atoms with Gasteiger partial charge >= 0.3 is 0 Å². The van der Waals surface area contributed by atoms with E-state index in [4.69, 9.17) is 11.6 Å². The molecule has 1 amide bonds. The predicted octanol–water partition coefficient (Wildman–Crippen LogP) is 2.72. The Morgan fingerprint density at radius 1 is 1.19 bits per heavy atom. The molecule has 0 atom stereocenters. The lowest BCUT2D eigenvalue weighted by Gasteiger charge is -2.36. The Bertz CT molecular complexity index is 762. The van der Waals surface area contributed by atoms with Gasteiger partial charge in [0.1, 0.15) is 5.82 Å². The fourth-order valence-electron chi connectivity index (χ4n) is 3.28. The molecule has 27 heavy (non-hydrogen) atoms. The quantitative estimate of drug-likeness (QED) is 0.715. The summed E-state index contributed by atoms with van der Waals surface area (Å²) in [4.78, 5) is 21.0. The zero-order chi connectivity index (χ0) is 19.1. The van der Waals surface area contributed by atoms with Crippen LogP contribution in [0.2, 0.25) is 5.02 Å². The van der Waals surface area contributed by atoms with Gasteiger partial charge in [-0.25, -0.2) is 4.98 Å². The molecule has 144 valence electrons. The Kier molecular flexibility index (Phi) is 6.90. The molecule has 0 unspecified atom stereocenters. The Morgan fingerprint density at radius 2 is 2.00 bits per heavy atom. The minimum atomic E-state index is -0.122. The normalized spacial score (nSPS) is 14.8. The van der Waals surface area contributed by atoms with Crippen LogP contribution >= 0.6 is 11.6 Å².